The van der Waals surface area contributed by atoms with E-state index >= 15 is 0 Å². The lowest BCUT2D eigenvalue weighted by Gasteiger charge is -2.33. The lowest BCUT2D eigenvalue weighted by molar-refractivity contribution is -0.380. The number of nitrogens with one attached hydrogen (secondary N) is 1. The van der Waals surface area contributed by atoms with Crippen molar-refractivity contribution >= 4 is 51.0 Å². The molecule has 3 heterocycles. The molecule has 1 N–H and O–H groups in total. The molecule has 0 bridgehead atoms. The fourth-order valence-electron chi connectivity index (χ4n) is 2.93. The molecule has 4 rings (SSSR count). The van der Waals surface area contributed by atoms with E-state index in [9.17, 15) is 14.9 Å². The molecule has 2 aromatic heterocycles. The monoisotopic (exact) mass is 405 g/mol. The third-order valence-electron chi connectivity index (χ3n) is 4.26. The Morgan fingerprint density at radius 3 is 3.04 bits per heavy atom. The van der Waals surface area contributed by atoms with Crippen LogP contribution in [0.25, 0.3) is 21.7 Å². The molecule has 1 saturated heterocycles. The van der Waals surface area contributed by atoms with E-state index in [-0.39, 0.29) is 11.0 Å². The van der Waals surface area contributed by atoms with Gasteiger partial charge >= 0.3 is 5.00 Å². The van der Waals surface area contributed by atoms with E-state index in [1.54, 1.807) is 12.1 Å². The number of oxazole rings is 1. The zero-order chi connectivity index (χ0) is 19.1. The highest BCUT2D eigenvalue weighted by molar-refractivity contribution is 7.18. The summed E-state index contributed by atoms with van der Waals surface area (Å²) in [7, 11) is 0. The maximum Gasteiger partial charge on any atom is 0.344 e. The number of hydrogen-bond acceptors (Lipinski definition) is 9. The second kappa shape index (κ2) is 6.66. The Bertz CT molecular complexity index is 1100. The van der Waals surface area contributed by atoms with Gasteiger partial charge in [0.2, 0.25) is 0 Å². The Kier molecular flexibility index (Phi) is 4.31. The number of anilines is 1. The summed E-state index contributed by atoms with van der Waals surface area (Å²) in [6.45, 7) is 2.99. The molecule has 1 unspecified atom stereocenters. The fraction of sp³-hybridized carbons (Fsp3) is 0.250. The molecule has 0 saturated carbocycles. The molecule has 0 aliphatic carbocycles. The average Bonchev–Trinajstić information content (AvgIpc) is 3.28. The molecule has 1 fully saturated rings. The Labute approximate surface area is 161 Å². The van der Waals surface area contributed by atoms with Crippen molar-refractivity contribution in [2.75, 3.05) is 18.0 Å². The molecule has 27 heavy (non-hydrogen) atoms. The Morgan fingerprint density at radius 2 is 2.33 bits per heavy atom. The van der Waals surface area contributed by atoms with Gasteiger partial charge in [0.15, 0.2) is 5.58 Å². The van der Waals surface area contributed by atoms with Crippen LogP contribution in [0.15, 0.2) is 28.4 Å². The largest absolute Gasteiger partial charge is 0.423 e. The van der Waals surface area contributed by atoms with Crippen LogP contribution in [-0.2, 0) is 4.79 Å². The van der Waals surface area contributed by atoms with E-state index < -0.39 is 4.92 Å². The Balaban J connectivity index is 1.82. The van der Waals surface area contributed by atoms with Crippen molar-refractivity contribution in [1.29, 1.82) is 0 Å². The van der Waals surface area contributed by atoms with Gasteiger partial charge in [-0.05, 0) is 30.4 Å². The van der Waals surface area contributed by atoms with Crippen LogP contribution < -0.4 is 10.2 Å². The molecule has 0 amide bonds. The lowest BCUT2D eigenvalue weighted by atomic mass is 10.2. The zero-order valence-corrected chi connectivity index (χ0v) is 15.5. The topological polar surface area (TPSA) is 114 Å². The molecule has 9 nitrogen and oxygen atoms in total. The second-order valence-electron chi connectivity index (χ2n) is 5.87. The standard InChI is InChI=1S/C16H12ClN5O4S/c1-8-12(7-23)18-2-3-21(8)16-20-11-5-9(17)4-10(14(11)26-16)15-19-6-13(27-15)22(24)25/h4-6,8,18H,2-3H2,1H3. The van der Waals surface area contributed by atoms with E-state index in [1.165, 1.54) is 6.20 Å². The summed E-state index contributed by atoms with van der Waals surface area (Å²) >= 11 is 7.13. The van der Waals surface area contributed by atoms with E-state index in [4.69, 9.17) is 16.0 Å². The number of rotatable bonds is 3. The average molecular weight is 406 g/mol. The molecule has 138 valence electrons. The number of benzene rings is 1. The van der Waals surface area contributed by atoms with Crippen LogP contribution in [0.2, 0.25) is 5.02 Å². The second-order valence-corrected chi connectivity index (χ2v) is 7.32. The summed E-state index contributed by atoms with van der Waals surface area (Å²) in [4.78, 5) is 32.0. The van der Waals surface area contributed by atoms with Gasteiger partial charge in [-0.15, -0.1) is 0 Å². The molecule has 0 radical (unpaired) electrons. The SMILES string of the molecule is CC1C(=C=O)NCCN1c1nc2cc(Cl)cc(-c3ncc([N+](=O)[O-])s3)c2o1. The smallest absolute Gasteiger partial charge is 0.344 e. The molecule has 1 aliphatic rings. The summed E-state index contributed by atoms with van der Waals surface area (Å²) < 4.78 is 5.96. The zero-order valence-electron chi connectivity index (χ0n) is 13.9. The number of thiazole rings is 1. The first-order valence-corrected chi connectivity index (χ1v) is 9.13. The van der Waals surface area contributed by atoms with Crippen LogP contribution in [0.4, 0.5) is 11.0 Å². The summed E-state index contributed by atoms with van der Waals surface area (Å²) in [6.07, 6.45) is 1.20. The van der Waals surface area contributed by atoms with Crippen molar-refractivity contribution in [2.45, 2.75) is 13.0 Å². The van der Waals surface area contributed by atoms with E-state index in [0.29, 0.717) is 51.5 Å². The maximum atomic E-state index is 11.1. The minimum atomic E-state index is -0.496. The van der Waals surface area contributed by atoms with Crippen LogP contribution in [0, 0.1) is 10.1 Å². The molecule has 1 atom stereocenters. The number of aromatic nitrogens is 2. The van der Waals surface area contributed by atoms with Crippen molar-refractivity contribution in [3.8, 4) is 10.6 Å². The predicted molar refractivity (Wildman–Crippen MR) is 101 cm³/mol. The van der Waals surface area contributed by atoms with E-state index in [2.05, 4.69) is 15.3 Å². The number of hydrogen-bond donors (Lipinski definition) is 1. The van der Waals surface area contributed by atoms with Crippen molar-refractivity contribution in [1.82, 2.24) is 15.3 Å². The maximum absolute atomic E-state index is 11.1. The first kappa shape index (κ1) is 17.5. The highest BCUT2D eigenvalue weighted by Gasteiger charge is 2.28. The molecule has 3 aromatic rings. The van der Waals surface area contributed by atoms with Crippen molar-refractivity contribution < 1.29 is 14.1 Å². The van der Waals surface area contributed by atoms with Gasteiger partial charge < -0.3 is 14.6 Å². The van der Waals surface area contributed by atoms with Crippen LogP contribution >= 0.6 is 22.9 Å². The minimum Gasteiger partial charge on any atom is -0.423 e. The summed E-state index contributed by atoms with van der Waals surface area (Å²) in [5, 5.41) is 14.7. The fourth-order valence-corrected chi connectivity index (χ4v) is 3.89. The van der Waals surface area contributed by atoms with Gasteiger partial charge in [0.05, 0.1) is 16.5 Å². The minimum absolute atomic E-state index is 0.0747. The molecule has 0 spiro atoms. The highest BCUT2D eigenvalue weighted by Crippen LogP contribution is 2.38. The summed E-state index contributed by atoms with van der Waals surface area (Å²) in [5.74, 6) is 1.90. The number of piperazine rings is 1. The third kappa shape index (κ3) is 3.03. The van der Waals surface area contributed by atoms with Gasteiger partial charge in [-0.25, -0.2) is 9.78 Å². The van der Waals surface area contributed by atoms with Gasteiger partial charge in [-0.3, -0.25) is 10.1 Å². The number of nitrogens with zero attached hydrogens (tertiary/aromatic N) is 4. The first-order chi connectivity index (χ1) is 13.0. The number of nitro groups is 1. The van der Waals surface area contributed by atoms with Crippen LogP contribution in [0.1, 0.15) is 6.92 Å². The normalized spacial score (nSPS) is 17.0. The third-order valence-corrected chi connectivity index (χ3v) is 5.46. The summed E-state index contributed by atoms with van der Waals surface area (Å²) in [6, 6.07) is 3.35. The van der Waals surface area contributed by atoms with Gasteiger partial charge in [0.25, 0.3) is 6.01 Å². The number of carbonyl (C=O) groups excluding carboxylic acids is 1. The van der Waals surface area contributed by atoms with Crippen molar-refractivity contribution in [3.63, 3.8) is 0 Å². The van der Waals surface area contributed by atoms with Gasteiger partial charge in [-0.1, -0.05) is 11.6 Å². The van der Waals surface area contributed by atoms with Crippen LogP contribution in [-0.4, -0.2) is 40.0 Å². The van der Waals surface area contributed by atoms with Gasteiger partial charge in [-0.2, -0.15) is 4.98 Å². The van der Waals surface area contributed by atoms with E-state index in [0.717, 1.165) is 11.3 Å². The molecular formula is C16H12ClN5O4S. The van der Waals surface area contributed by atoms with Gasteiger partial charge in [0, 0.05) is 18.1 Å². The van der Waals surface area contributed by atoms with E-state index in [1.807, 2.05) is 17.8 Å². The predicted octanol–water partition coefficient (Wildman–Crippen LogP) is 3.03. The number of halogens is 1. The van der Waals surface area contributed by atoms with Gasteiger partial charge in [0.1, 0.15) is 28.4 Å². The number of fused-ring (bicyclic) bond motifs is 1. The van der Waals surface area contributed by atoms with Crippen LogP contribution in [0.5, 0.6) is 0 Å². The van der Waals surface area contributed by atoms with Crippen LogP contribution in [0.3, 0.4) is 0 Å². The summed E-state index contributed by atoms with van der Waals surface area (Å²) in [5.41, 5.74) is 1.90. The van der Waals surface area contributed by atoms with Crippen molar-refractivity contribution in [2.24, 2.45) is 0 Å². The van der Waals surface area contributed by atoms with Crippen molar-refractivity contribution in [3.05, 3.63) is 39.2 Å². The molecule has 1 aliphatic heterocycles. The molecular weight excluding hydrogens is 394 g/mol. The molecule has 1 aromatic carbocycles. The molecule has 11 heteroatoms. The Morgan fingerprint density at radius 1 is 1.52 bits per heavy atom. The Hall–Kier alpha value is -2.94. The quantitative estimate of drug-likeness (QED) is 0.401. The lowest BCUT2D eigenvalue weighted by Crippen LogP contribution is -2.48. The highest BCUT2D eigenvalue weighted by atomic mass is 35.5. The first-order valence-electron chi connectivity index (χ1n) is 7.94.